The second-order valence-electron chi connectivity index (χ2n) is 4.13. The van der Waals surface area contributed by atoms with Crippen molar-refractivity contribution in [2.24, 2.45) is 5.92 Å². The maximum absolute atomic E-state index is 11.7. The number of aromatic nitrogens is 1. The second kappa shape index (κ2) is 6.21. The minimum Gasteiger partial charge on any atom is -0.494 e. The van der Waals surface area contributed by atoms with Crippen LogP contribution in [0.2, 0.25) is 0 Å². The van der Waals surface area contributed by atoms with Crippen molar-refractivity contribution in [3.8, 4) is 5.75 Å². The number of nitrogens with one attached hydrogen (secondary N) is 1. The average Bonchev–Trinajstić information content (AvgIpc) is 2.79. The molecule has 102 valence electrons. The maximum atomic E-state index is 11.7. The highest BCUT2D eigenvalue weighted by molar-refractivity contribution is 7.22. The number of amides is 1. The minimum absolute atomic E-state index is 0.112. The molecule has 1 amide bonds. The fourth-order valence-corrected chi connectivity index (χ4v) is 2.55. The van der Waals surface area contributed by atoms with E-state index in [2.05, 4.69) is 10.3 Å². The number of ether oxygens (including phenoxy) is 1. The van der Waals surface area contributed by atoms with Crippen LogP contribution < -0.4 is 10.1 Å². The van der Waals surface area contributed by atoms with Gasteiger partial charge in [-0.25, -0.2) is 4.98 Å². The summed E-state index contributed by atoms with van der Waals surface area (Å²) in [5.74, 6) is 0.767. The van der Waals surface area contributed by atoms with Gasteiger partial charge in [-0.1, -0.05) is 18.3 Å². The monoisotopic (exact) mass is 298 g/mol. The first-order valence-electron chi connectivity index (χ1n) is 6.04. The van der Waals surface area contributed by atoms with Gasteiger partial charge in [-0.05, 0) is 25.1 Å². The molecule has 2 rings (SSSR count). The van der Waals surface area contributed by atoms with Gasteiger partial charge in [-0.2, -0.15) is 0 Å². The highest BCUT2D eigenvalue weighted by Gasteiger charge is 2.14. The molecule has 0 fully saturated rings. The lowest BCUT2D eigenvalue weighted by Gasteiger charge is -2.05. The van der Waals surface area contributed by atoms with Crippen LogP contribution in [-0.2, 0) is 4.79 Å². The number of halogens is 1. The number of hydrogen-bond donors (Lipinski definition) is 1. The summed E-state index contributed by atoms with van der Waals surface area (Å²) >= 11 is 7.08. The molecule has 6 heteroatoms. The summed E-state index contributed by atoms with van der Waals surface area (Å²) in [7, 11) is 0. The van der Waals surface area contributed by atoms with Crippen molar-refractivity contribution in [1.29, 1.82) is 0 Å². The van der Waals surface area contributed by atoms with Crippen molar-refractivity contribution in [1.82, 2.24) is 4.98 Å². The summed E-state index contributed by atoms with van der Waals surface area (Å²) in [6.45, 7) is 4.35. The van der Waals surface area contributed by atoms with Gasteiger partial charge in [0.1, 0.15) is 5.75 Å². The number of benzene rings is 1. The number of nitrogens with zero attached hydrogens (tertiary/aromatic N) is 1. The second-order valence-corrected chi connectivity index (χ2v) is 5.47. The van der Waals surface area contributed by atoms with E-state index >= 15 is 0 Å². The third-order valence-corrected chi connectivity index (χ3v) is 3.98. The molecule has 2 aromatic rings. The third kappa shape index (κ3) is 3.36. The Labute approximate surface area is 120 Å². The van der Waals surface area contributed by atoms with Crippen molar-refractivity contribution in [2.75, 3.05) is 17.8 Å². The Balaban J connectivity index is 2.19. The summed E-state index contributed by atoms with van der Waals surface area (Å²) < 4.78 is 6.42. The number of alkyl halides is 1. The average molecular weight is 299 g/mol. The largest absolute Gasteiger partial charge is 0.494 e. The number of carbonyl (C=O) groups is 1. The van der Waals surface area contributed by atoms with Crippen LogP contribution >= 0.6 is 22.9 Å². The predicted molar refractivity (Wildman–Crippen MR) is 79.3 cm³/mol. The van der Waals surface area contributed by atoms with Gasteiger partial charge in [0.25, 0.3) is 0 Å². The molecule has 0 aliphatic carbocycles. The number of carbonyl (C=O) groups excluding carboxylic acids is 1. The third-order valence-electron chi connectivity index (χ3n) is 2.58. The molecule has 19 heavy (non-hydrogen) atoms. The maximum Gasteiger partial charge on any atom is 0.230 e. The minimum atomic E-state index is -0.229. The van der Waals surface area contributed by atoms with Crippen molar-refractivity contribution in [2.45, 2.75) is 13.8 Å². The lowest BCUT2D eigenvalue weighted by atomic mass is 10.2. The highest BCUT2D eigenvalue weighted by Crippen LogP contribution is 2.29. The molecule has 0 saturated carbocycles. The van der Waals surface area contributed by atoms with Gasteiger partial charge in [0, 0.05) is 11.8 Å². The standard InChI is InChI=1S/C13H15ClN2O2S/c1-3-18-9-4-5-10-11(6-9)19-13(15-10)16-12(17)8(2)7-14/h4-6,8H,3,7H2,1-2H3,(H,15,16,17). The zero-order valence-corrected chi connectivity index (χ0v) is 12.3. The summed E-state index contributed by atoms with van der Waals surface area (Å²) in [5, 5.41) is 3.37. The quantitative estimate of drug-likeness (QED) is 0.859. The summed E-state index contributed by atoms with van der Waals surface area (Å²) in [6, 6.07) is 5.69. The molecule has 0 spiro atoms. The van der Waals surface area contributed by atoms with Crippen LogP contribution in [0.15, 0.2) is 18.2 Å². The van der Waals surface area contributed by atoms with E-state index in [1.54, 1.807) is 6.92 Å². The van der Waals surface area contributed by atoms with Crippen LogP contribution in [-0.4, -0.2) is 23.4 Å². The Kier molecular flexibility index (Phi) is 4.61. The van der Waals surface area contributed by atoms with E-state index in [-0.39, 0.29) is 11.8 Å². The topological polar surface area (TPSA) is 51.2 Å². The van der Waals surface area contributed by atoms with Gasteiger partial charge >= 0.3 is 0 Å². The summed E-state index contributed by atoms with van der Waals surface area (Å²) in [4.78, 5) is 16.1. The number of fused-ring (bicyclic) bond motifs is 1. The van der Waals surface area contributed by atoms with Crippen LogP contribution in [0.3, 0.4) is 0 Å². The molecule has 1 N–H and O–H groups in total. The summed E-state index contributed by atoms with van der Waals surface area (Å²) in [6.07, 6.45) is 0. The molecule has 1 unspecified atom stereocenters. The molecule has 1 aromatic carbocycles. The molecule has 1 aromatic heterocycles. The summed E-state index contributed by atoms with van der Waals surface area (Å²) in [5.41, 5.74) is 0.849. The molecule has 0 saturated heterocycles. The molecule has 0 bridgehead atoms. The van der Waals surface area contributed by atoms with E-state index in [9.17, 15) is 4.79 Å². The lowest BCUT2D eigenvalue weighted by molar-refractivity contribution is -0.118. The van der Waals surface area contributed by atoms with E-state index in [0.29, 0.717) is 17.6 Å². The molecule has 0 radical (unpaired) electrons. The Hall–Kier alpha value is -1.33. The Morgan fingerprint density at radius 1 is 1.58 bits per heavy atom. The zero-order chi connectivity index (χ0) is 13.8. The first-order chi connectivity index (χ1) is 9.13. The van der Waals surface area contributed by atoms with E-state index in [4.69, 9.17) is 16.3 Å². The fourth-order valence-electron chi connectivity index (χ4n) is 1.51. The SMILES string of the molecule is CCOc1ccc2nc(NC(=O)C(C)CCl)sc2c1. The first kappa shape index (κ1) is 14.1. The van der Waals surface area contributed by atoms with Crippen molar-refractivity contribution < 1.29 is 9.53 Å². The van der Waals surface area contributed by atoms with Gasteiger partial charge in [-0.15, -0.1) is 11.6 Å². The van der Waals surface area contributed by atoms with E-state index in [1.165, 1.54) is 11.3 Å². The molecule has 1 atom stereocenters. The van der Waals surface area contributed by atoms with Crippen molar-refractivity contribution in [3.05, 3.63) is 18.2 Å². The van der Waals surface area contributed by atoms with Gasteiger partial charge in [0.15, 0.2) is 5.13 Å². The van der Waals surface area contributed by atoms with Crippen LogP contribution in [0, 0.1) is 5.92 Å². The van der Waals surface area contributed by atoms with Gasteiger partial charge < -0.3 is 10.1 Å². The van der Waals surface area contributed by atoms with Crippen LogP contribution in [0.5, 0.6) is 5.75 Å². The predicted octanol–water partition coefficient (Wildman–Crippen LogP) is 3.51. The highest BCUT2D eigenvalue weighted by atomic mass is 35.5. The van der Waals surface area contributed by atoms with Crippen LogP contribution in [0.25, 0.3) is 10.2 Å². The normalized spacial score (nSPS) is 12.4. The Morgan fingerprint density at radius 2 is 2.37 bits per heavy atom. The molecular formula is C13H15ClN2O2S. The molecule has 0 aliphatic rings. The van der Waals surface area contributed by atoms with Gasteiger partial charge in [0.05, 0.1) is 16.8 Å². The fraction of sp³-hybridized carbons (Fsp3) is 0.385. The number of anilines is 1. The zero-order valence-electron chi connectivity index (χ0n) is 10.8. The van der Waals surface area contributed by atoms with E-state index in [0.717, 1.165) is 16.0 Å². The number of thiazole rings is 1. The first-order valence-corrected chi connectivity index (χ1v) is 7.39. The number of hydrogen-bond acceptors (Lipinski definition) is 4. The van der Waals surface area contributed by atoms with Crippen LogP contribution in [0.1, 0.15) is 13.8 Å². The van der Waals surface area contributed by atoms with Crippen LogP contribution in [0.4, 0.5) is 5.13 Å². The van der Waals surface area contributed by atoms with E-state index in [1.807, 2.05) is 25.1 Å². The van der Waals surface area contributed by atoms with E-state index < -0.39 is 0 Å². The number of rotatable bonds is 5. The molecule has 1 heterocycles. The Morgan fingerprint density at radius 3 is 3.05 bits per heavy atom. The van der Waals surface area contributed by atoms with Gasteiger partial charge in [-0.3, -0.25) is 4.79 Å². The molecule has 0 aliphatic heterocycles. The molecule has 4 nitrogen and oxygen atoms in total. The van der Waals surface area contributed by atoms with Crippen molar-refractivity contribution >= 4 is 44.2 Å². The van der Waals surface area contributed by atoms with Crippen molar-refractivity contribution in [3.63, 3.8) is 0 Å². The van der Waals surface area contributed by atoms with Gasteiger partial charge in [0.2, 0.25) is 5.91 Å². The molecular weight excluding hydrogens is 284 g/mol. The lowest BCUT2D eigenvalue weighted by Crippen LogP contribution is -2.21. The smallest absolute Gasteiger partial charge is 0.230 e. The Bertz CT molecular complexity index is 585.